The summed E-state index contributed by atoms with van der Waals surface area (Å²) in [6.07, 6.45) is 1.30. The number of hydrogen-bond donors (Lipinski definition) is 1. The molecule has 17 heavy (non-hydrogen) atoms. The number of nitrogen functional groups attached to an aromatic ring is 1. The third-order valence-corrected chi connectivity index (χ3v) is 2.97. The van der Waals surface area contributed by atoms with Crippen molar-refractivity contribution < 1.29 is 9.47 Å². The normalized spacial score (nSPS) is 21.1. The number of ether oxygens (including phenoxy) is 2. The lowest BCUT2D eigenvalue weighted by atomic mass is 10.2. The number of methoxy groups -OCH3 is 1. The minimum Gasteiger partial charge on any atom is -0.497 e. The van der Waals surface area contributed by atoms with Gasteiger partial charge in [-0.3, -0.25) is 0 Å². The van der Waals surface area contributed by atoms with Crippen molar-refractivity contribution >= 4 is 11.4 Å². The number of hydrogen-bond acceptors (Lipinski definition) is 4. The molecule has 0 radical (unpaired) electrons. The van der Waals surface area contributed by atoms with Crippen LogP contribution in [0.4, 0.5) is 11.4 Å². The van der Waals surface area contributed by atoms with Crippen molar-refractivity contribution in [2.45, 2.75) is 19.4 Å². The van der Waals surface area contributed by atoms with Crippen molar-refractivity contribution in [1.82, 2.24) is 0 Å². The standard InChI is InChI=1S/C13H20N2O2/c1-10-9-15(4-3-5-17-10)12-6-11(14)7-13(8-12)16-2/h6-8,10H,3-5,9,14H2,1-2H3. The second kappa shape index (κ2) is 5.27. The Morgan fingerprint density at radius 2 is 2.24 bits per heavy atom. The zero-order chi connectivity index (χ0) is 12.3. The van der Waals surface area contributed by atoms with E-state index in [1.165, 1.54) is 0 Å². The van der Waals surface area contributed by atoms with Crippen LogP contribution in [0.5, 0.6) is 5.75 Å². The fourth-order valence-electron chi connectivity index (χ4n) is 2.13. The Balaban J connectivity index is 2.22. The monoisotopic (exact) mass is 236 g/mol. The van der Waals surface area contributed by atoms with Crippen molar-refractivity contribution in [3.8, 4) is 5.75 Å². The van der Waals surface area contributed by atoms with Gasteiger partial charge in [-0.25, -0.2) is 0 Å². The van der Waals surface area contributed by atoms with Gasteiger partial charge < -0.3 is 20.1 Å². The lowest BCUT2D eigenvalue weighted by Gasteiger charge is -2.25. The summed E-state index contributed by atoms with van der Waals surface area (Å²) in [6.45, 7) is 4.82. The SMILES string of the molecule is COc1cc(N)cc(N2CCCOC(C)C2)c1. The summed E-state index contributed by atoms with van der Waals surface area (Å²) in [5.41, 5.74) is 7.72. The van der Waals surface area contributed by atoms with Gasteiger partial charge in [0.15, 0.2) is 0 Å². The van der Waals surface area contributed by atoms with Crippen LogP contribution in [0, 0.1) is 0 Å². The maximum Gasteiger partial charge on any atom is 0.122 e. The second-order valence-corrected chi connectivity index (χ2v) is 4.45. The molecule has 94 valence electrons. The van der Waals surface area contributed by atoms with Gasteiger partial charge in [-0.15, -0.1) is 0 Å². The second-order valence-electron chi connectivity index (χ2n) is 4.45. The maximum atomic E-state index is 5.88. The lowest BCUT2D eigenvalue weighted by molar-refractivity contribution is 0.0821. The first-order chi connectivity index (χ1) is 8.19. The molecule has 2 N–H and O–H groups in total. The molecule has 1 saturated heterocycles. The van der Waals surface area contributed by atoms with Gasteiger partial charge >= 0.3 is 0 Å². The number of rotatable bonds is 2. The van der Waals surface area contributed by atoms with E-state index in [1.807, 2.05) is 18.2 Å². The van der Waals surface area contributed by atoms with Crippen molar-refractivity contribution in [2.24, 2.45) is 0 Å². The highest BCUT2D eigenvalue weighted by Gasteiger charge is 2.16. The Morgan fingerprint density at radius 3 is 3.00 bits per heavy atom. The van der Waals surface area contributed by atoms with Crippen LogP contribution < -0.4 is 15.4 Å². The van der Waals surface area contributed by atoms with Crippen LogP contribution in [0.2, 0.25) is 0 Å². The van der Waals surface area contributed by atoms with E-state index in [9.17, 15) is 0 Å². The molecule has 4 heteroatoms. The summed E-state index contributed by atoms with van der Waals surface area (Å²) < 4.78 is 10.9. The van der Waals surface area contributed by atoms with E-state index in [0.29, 0.717) is 0 Å². The first-order valence-electron chi connectivity index (χ1n) is 6.00. The summed E-state index contributed by atoms with van der Waals surface area (Å²) in [5, 5.41) is 0. The van der Waals surface area contributed by atoms with E-state index < -0.39 is 0 Å². The van der Waals surface area contributed by atoms with Gasteiger partial charge in [0.05, 0.1) is 13.2 Å². The summed E-state index contributed by atoms with van der Waals surface area (Å²) in [5.74, 6) is 0.804. The van der Waals surface area contributed by atoms with Crippen molar-refractivity contribution in [1.29, 1.82) is 0 Å². The first kappa shape index (κ1) is 12.0. The molecule has 0 bridgehead atoms. The molecule has 1 unspecified atom stereocenters. The number of benzene rings is 1. The molecular weight excluding hydrogens is 216 g/mol. The molecule has 0 aromatic heterocycles. The molecule has 0 spiro atoms. The predicted octanol–water partition coefficient (Wildman–Crippen LogP) is 1.89. The van der Waals surface area contributed by atoms with Gasteiger partial charge in [0.1, 0.15) is 5.75 Å². The van der Waals surface area contributed by atoms with Crippen molar-refractivity contribution in [2.75, 3.05) is 37.4 Å². The molecule has 1 aromatic carbocycles. The van der Waals surface area contributed by atoms with E-state index in [2.05, 4.69) is 11.8 Å². The van der Waals surface area contributed by atoms with Crippen LogP contribution in [0.3, 0.4) is 0 Å². The average Bonchev–Trinajstić information content (AvgIpc) is 2.53. The summed E-state index contributed by atoms with van der Waals surface area (Å²) in [7, 11) is 1.66. The molecule has 0 aliphatic carbocycles. The fraction of sp³-hybridized carbons (Fsp3) is 0.538. The van der Waals surface area contributed by atoms with Crippen LogP contribution in [-0.2, 0) is 4.74 Å². The Kier molecular flexibility index (Phi) is 3.74. The highest BCUT2D eigenvalue weighted by atomic mass is 16.5. The van der Waals surface area contributed by atoms with Crippen molar-refractivity contribution in [3.63, 3.8) is 0 Å². The summed E-state index contributed by atoms with van der Waals surface area (Å²) >= 11 is 0. The molecule has 2 rings (SSSR count). The first-order valence-corrected chi connectivity index (χ1v) is 6.00. The zero-order valence-corrected chi connectivity index (χ0v) is 10.5. The van der Waals surface area contributed by atoms with Crippen LogP contribution in [0.25, 0.3) is 0 Å². The molecule has 0 saturated carbocycles. The van der Waals surface area contributed by atoms with Crippen LogP contribution in [0.15, 0.2) is 18.2 Å². The quantitative estimate of drug-likeness (QED) is 0.797. The van der Waals surface area contributed by atoms with Gasteiger partial charge in [-0.2, -0.15) is 0 Å². The van der Waals surface area contributed by atoms with Gasteiger partial charge in [-0.05, 0) is 19.4 Å². The number of nitrogens with zero attached hydrogens (tertiary/aromatic N) is 1. The molecule has 1 aliphatic heterocycles. The van der Waals surface area contributed by atoms with Gasteiger partial charge in [0.2, 0.25) is 0 Å². The molecule has 1 heterocycles. The Morgan fingerprint density at radius 1 is 1.41 bits per heavy atom. The maximum absolute atomic E-state index is 5.88. The van der Waals surface area contributed by atoms with E-state index in [-0.39, 0.29) is 6.10 Å². The number of anilines is 2. The minimum absolute atomic E-state index is 0.255. The molecule has 0 amide bonds. The highest BCUT2D eigenvalue weighted by molar-refractivity contribution is 5.60. The lowest BCUT2D eigenvalue weighted by Crippen LogP contribution is -2.30. The van der Waals surface area contributed by atoms with E-state index in [4.69, 9.17) is 15.2 Å². The largest absolute Gasteiger partial charge is 0.497 e. The Bertz CT molecular complexity index is 382. The molecule has 4 nitrogen and oxygen atoms in total. The van der Waals surface area contributed by atoms with E-state index in [0.717, 1.165) is 43.2 Å². The van der Waals surface area contributed by atoms with Crippen LogP contribution in [-0.4, -0.2) is 32.9 Å². The average molecular weight is 236 g/mol. The van der Waals surface area contributed by atoms with Gasteiger partial charge in [-0.1, -0.05) is 0 Å². The summed E-state index contributed by atoms with van der Waals surface area (Å²) in [6, 6.07) is 5.84. The molecule has 1 atom stereocenters. The smallest absolute Gasteiger partial charge is 0.122 e. The third-order valence-electron chi connectivity index (χ3n) is 2.97. The van der Waals surface area contributed by atoms with Crippen LogP contribution >= 0.6 is 0 Å². The van der Waals surface area contributed by atoms with Gasteiger partial charge in [0.25, 0.3) is 0 Å². The molecular formula is C13H20N2O2. The number of nitrogens with two attached hydrogens (primary N) is 1. The topological polar surface area (TPSA) is 47.7 Å². The third kappa shape index (κ3) is 3.03. The van der Waals surface area contributed by atoms with E-state index in [1.54, 1.807) is 7.11 Å². The van der Waals surface area contributed by atoms with E-state index >= 15 is 0 Å². The Labute approximate surface area is 102 Å². The van der Waals surface area contributed by atoms with Crippen LogP contribution in [0.1, 0.15) is 13.3 Å². The molecule has 1 aliphatic rings. The predicted molar refractivity (Wildman–Crippen MR) is 69.7 cm³/mol. The molecule has 1 aromatic rings. The minimum atomic E-state index is 0.255. The Hall–Kier alpha value is -1.42. The zero-order valence-electron chi connectivity index (χ0n) is 10.5. The molecule has 1 fully saturated rings. The highest BCUT2D eigenvalue weighted by Crippen LogP contribution is 2.26. The van der Waals surface area contributed by atoms with Gasteiger partial charge in [0, 0.05) is 43.2 Å². The fourth-order valence-corrected chi connectivity index (χ4v) is 2.13. The summed E-state index contributed by atoms with van der Waals surface area (Å²) in [4.78, 5) is 2.30. The van der Waals surface area contributed by atoms with Crippen molar-refractivity contribution in [3.05, 3.63) is 18.2 Å².